The maximum absolute atomic E-state index is 12.4. The van der Waals surface area contributed by atoms with E-state index in [1.807, 2.05) is 26.0 Å². The second-order valence-electron chi connectivity index (χ2n) is 6.69. The average molecular weight is 393 g/mol. The molecule has 0 aliphatic rings. The minimum atomic E-state index is -0.269. The van der Waals surface area contributed by atoms with E-state index in [1.54, 1.807) is 28.9 Å². The van der Waals surface area contributed by atoms with Crippen LogP contribution in [-0.2, 0) is 16.0 Å². The van der Waals surface area contributed by atoms with Gasteiger partial charge in [0.15, 0.2) is 0 Å². The fourth-order valence-corrected chi connectivity index (χ4v) is 3.16. The maximum Gasteiger partial charge on any atom is 0.305 e. The van der Waals surface area contributed by atoms with Crippen LogP contribution in [0.2, 0.25) is 0 Å². The van der Waals surface area contributed by atoms with E-state index in [4.69, 9.17) is 4.74 Å². The van der Waals surface area contributed by atoms with Crippen LogP contribution in [0.1, 0.15) is 33.7 Å². The summed E-state index contributed by atoms with van der Waals surface area (Å²) < 4.78 is 6.51. The van der Waals surface area contributed by atoms with Gasteiger partial charge in [-0.25, -0.2) is 4.68 Å². The Labute approximate surface area is 168 Å². The van der Waals surface area contributed by atoms with Gasteiger partial charge in [0, 0.05) is 29.4 Å². The number of rotatable bonds is 6. The number of aryl methyl sites for hydroxylation is 1. The molecule has 3 rings (SSSR count). The summed E-state index contributed by atoms with van der Waals surface area (Å²) in [6.07, 6.45) is 0.868. The maximum atomic E-state index is 12.4. The first-order valence-electron chi connectivity index (χ1n) is 9.21. The average Bonchev–Trinajstić information content (AvgIpc) is 2.99. The smallest absolute Gasteiger partial charge is 0.305 e. The fourth-order valence-electron chi connectivity index (χ4n) is 3.16. The summed E-state index contributed by atoms with van der Waals surface area (Å²) in [5.41, 5.74) is 4.66. The highest BCUT2D eigenvalue weighted by Crippen LogP contribution is 2.21. The molecule has 2 N–H and O–H groups in total. The van der Waals surface area contributed by atoms with E-state index in [0.29, 0.717) is 24.1 Å². The summed E-state index contributed by atoms with van der Waals surface area (Å²) in [6.45, 7) is 3.86. The third kappa shape index (κ3) is 4.63. The van der Waals surface area contributed by atoms with E-state index >= 15 is 0 Å². The Balaban J connectivity index is 1.76. The SMILES string of the molecule is COC(=O)CCc1c(C)nn(-c2ccc(C(=O)Nc3cccc(O)c3)cc2)c1C. The Morgan fingerprint density at radius 3 is 2.52 bits per heavy atom. The number of phenolic OH excluding ortho intramolecular Hbond substituents is 1. The third-order valence-corrected chi connectivity index (χ3v) is 4.73. The molecule has 0 saturated carbocycles. The normalized spacial score (nSPS) is 10.6. The number of ether oxygens (including phenoxy) is 1. The molecule has 0 atom stereocenters. The first-order chi connectivity index (χ1) is 13.9. The number of nitrogens with one attached hydrogen (secondary N) is 1. The van der Waals surface area contributed by atoms with Gasteiger partial charge in [-0.3, -0.25) is 9.59 Å². The van der Waals surface area contributed by atoms with E-state index in [0.717, 1.165) is 22.6 Å². The van der Waals surface area contributed by atoms with Crippen LogP contribution in [0, 0.1) is 13.8 Å². The number of hydrogen-bond acceptors (Lipinski definition) is 5. The molecule has 1 heterocycles. The lowest BCUT2D eigenvalue weighted by Crippen LogP contribution is -2.12. The zero-order valence-corrected chi connectivity index (χ0v) is 16.6. The van der Waals surface area contributed by atoms with Crippen LogP contribution in [-0.4, -0.2) is 33.9 Å². The highest BCUT2D eigenvalue weighted by molar-refractivity contribution is 6.04. The topological polar surface area (TPSA) is 93.5 Å². The Morgan fingerprint density at radius 1 is 1.14 bits per heavy atom. The minimum Gasteiger partial charge on any atom is -0.508 e. The summed E-state index contributed by atoms with van der Waals surface area (Å²) >= 11 is 0. The van der Waals surface area contributed by atoms with Crippen molar-refractivity contribution in [3.8, 4) is 11.4 Å². The largest absolute Gasteiger partial charge is 0.508 e. The molecule has 0 aliphatic carbocycles. The number of benzene rings is 2. The molecule has 0 aliphatic heterocycles. The lowest BCUT2D eigenvalue weighted by molar-refractivity contribution is -0.140. The van der Waals surface area contributed by atoms with Crippen LogP contribution in [0.3, 0.4) is 0 Å². The first-order valence-corrected chi connectivity index (χ1v) is 9.21. The number of aromatic hydroxyl groups is 1. The number of carbonyl (C=O) groups excluding carboxylic acids is 2. The Hall–Kier alpha value is -3.61. The van der Waals surface area contributed by atoms with E-state index in [9.17, 15) is 14.7 Å². The number of phenols is 1. The third-order valence-electron chi connectivity index (χ3n) is 4.73. The predicted molar refractivity (Wildman–Crippen MR) is 109 cm³/mol. The Kier molecular flexibility index (Phi) is 5.97. The molecule has 29 heavy (non-hydrogen) atoms. The van der Waals surface area contributed by atoms with Crippen molar-refractivity contribution in [2.45, 2.75) is 26.7 Å². The molecule has 7 nitrogen and oxygen atoms in total. The van der Waals surface area contributed by atoms with E-state index in [-0.39, 0.29) is 17.6 Å². The number of esters is 1. The van der Waals surface area contributed by atoms with Crippen LogP contribution in [0.4, 0.5) is 5.69 Å². The second-order valence-corrected chi connectivity index (χ2v) is 6.69. The van der Waals surface area contributed by atoms with Gasteiger partial charge in [-0.1, -0.05) is 6.07 Å². The molecule has 0 bridgehead atoms. The molecular formula is C22H23N3O4. The highest BCUT2D eigenvalue weighted by atomic mass is 16.5. The van der Waals surface area contributed by atoms with Crippen LogP contribution in [0.25, 0.3) is 5.69 Å². The van der Waals surface area contributed by atoms with Gasteiger partial charge in [0.2, 0.25) is 0 Å². The summed E-state index contributed by atoms with van der Waals surface area (Å²) in [5.74, 6) is -0.432. The summed E-state index contributed by atoms with van der Waals surface area (Å²) in [7, 11) is 1.38. The molecule has 7 heteroatoms. The predicted octanol–water partition coefficient (Wildman–Crippen LogP) is 3.55. The molecule has 150 valence electrons. The molecule has 0 fully saturated rings. The highest BCUT2D eigenvalue weighted by Gasteiger charge is 2.15. The number of methoxy groups -OCH3 is 1. The van der Waals surface area contributed by atoms with Crippen molar-refractivity contribution in [1.29, 1.82) is 0 Å². The van der Waals surface area contributed by atoms with Crippen LogP contribution < -0.4 is 5.32 Å². The monoisotopic (exact) mass is 393 g/mol. The zero-order valence-electron chi connectivity index (χ0n) is 16.6. The van der Waals surface area contributed by atoms with Gasteiger partial charge in [-0.05, 0) is 62.2 Å². The number of aromatic nitrogens is 2. The summed E-state index contributed by atoms with van der Waals surface area (Å²) in [5, 5.41) is 16.8. The molecule has 2 aromatic carbocycles. The quantitative estimate of drug-likeness (QED) is 0.625. The Bertz CT molecular complexity index is 1040. The number of nitrogens with zero attached hydrogens (tertiary/aromatic N) is 2. The second kappa shape index (κ2) is 8.60. The van der Waals surface area contributed by atoms with Gasteiger partial charge in [0.1, 0.15) is 5.75 Å². The summed E-state index contributed by atoms with van der Waals surface area (Å²) in [6, 6.07) is 13.5. The standard InChI is InChI=1S/C22H23N3O4/c1-14-20(11-12-21(27)29-3)15(2)25(24-14)18-9-7-16(8-10-18)22(28)23-17-5-4-6-19(26)13-17/h4-10,13,26H,11-12H2,1-3H3,(H,23,28). The number of hydrogen-bond donors (Lipinski definition) is 2. The van der Waals surface area contributed by atoms with Crippen molar-refractivity contribution in [1.82, 2.24) is 9.78 Å². The van der Waals surface area contributed by atoms with Crippen LogP contribution >= 0.6 is 0 Å². The fraction of sp³-hybridized carbons (Fsp3) is 0.227. The lowest BCUT2D eigenvalue weighted by Gasteiger charge is -2.08. The van der Waals surface area contributed by atoms with Gasteiger partial charge in [-0.15, -0.1) is 0 Å². The molecule has 1 aromatic heterocycles. The van der Waals surface area contributed by atoms with Crippen molar-refractivity contribution >= 4 is 17.6 Å². The van der Waals surface area contributed by atoms with Gasteiger partial charge in [-0.2, -0.15) is 5.10 Å². The molecule has 1 amide bonds. The molecule has 0 saturated heterocycles. The van der Waals surface area contributed by atoms with Crippen molar-refractivity contribution in [2.24, 2.45) is 0 Å². The zero-order chi connectivity index (χ0) is 21.0. The van der Waals surface area contributed by atoms with Crippen molar-refractivity contribution < 1.29 is 19.4 Å². The Morgan fingerprint density at radius 2 is 1.86 bits per heavy atom. The van der Waals surface area contributed by atoms with E-state index < -0.39 is 0 Å². The minimum absolute atomic E-state index is 0.0886. The van der Waals surface area contributed by atoms with Gasteiger partial charge >= 0.3 is 5.97 Å². The molecule has 3 aromatic rings. The lowest BCUT2D eigenvalue weighted by atomic mass is 10.1. The van der Waals surface area contributed by atoms with Crippen LogP contribution in [0.15, 0.2) is 48.5 Å². The van der Waals surface area contributed by atoms with Gasteiger partial charge < -0.3 is 15.2 Å². The van der Waals surface area contributed by atoms with Gasteiger partial charge in [0.25, 0.3) is 5.91 Å². The van der Waals surface area contributed by atoms with E-state index in [2.05, 4.69) is 10.4 Å². The molecule has 0 unspecified atom stereocenters. The molecule has 0 radical (unpaired) electrons. The van der Waals surface area contributed by atoms with Crippen molar-refractivity contribution in [3.63, 3.8) is 0 Å². The first kappa shape index (κ1) is 20.1. The number of carbonyl (C=O) groups is 2. The number of amides is 1. The van der Waals surface area contributed by atoms with E-state index in [1.165, 1.54) is 19.2 Å². The number of anilines is 1. The van der Waals surface area contributed by atoms with Crippen molar-refractivity contribution in [2.75, 3.05) is 12.4 Å². The van der Waals surface area contributed by atoms with Crippen molar-refractivity contribution in [3.05, 3.63) is 71.0 Å². The summed E-state index contributed by atoms with van der Waals surface area (Å²) in [4.78, 5) is 23.9. The molecule has 0 spiro atoms. The van der Waals surface area contributed by atoms with Gasteiger partial charge in [0.05, 0.1) is 18.5 Å². The van der Waals surface area contributed by atoms with Crippen LogP contribution in [0.5, 0.6) is 5.75 Å². The molecular weight excluding hydrogens is 370 g/mol.